The third kappa shape index (κ3) is 4.70. The Morgan fingerprint density at radius 1 is 1.29 bits per heavy atom. The monoisotopic (exact) mass is 402 g/mol. The highest BCUT2D eigenvalue weighted by atomic mass is 35.5. The van der Waals surface area contributed by atoms with Gasteiger partial charge in [0.15, 0.2) is 23.2 Å². The molecular formula is C21H20ClFN2O3. The van der Waals surface area contributed by atoms with Gasteiger partial charge in [-0.05, 0) is 29.8 Å². The molecule has 0 spiro atoms. The number of carbonyl (C=O) groups is 1. The number of aryl methyl sites for hydroxylation is 1. The van der Waals surface area contributed by atoms with Gasteiger partial charge in [-0.25, -0.2) is 9.37 Å². The first kappa shape index (κ1) is 19.9. The SMILES string of the molecule is COc1ccc(CN(C)C(=O)CCc2ncc(-c3ccccc3Cl)o2)cc1F. The van der Waals surface area contributed by atoms with Crippen LogP contribution in [0.4, 0.5) is 4.39 Å². The Bertz CT molecular complexity index is 974. The lowest BCUT2D eigenvalue weighted by atomic mass is 10.2. The maximum atomic E-state index is 13.8. The molecule has 1 aromatic heterocycles. The number of rotatable bonds is 7. The fourth-order valence-electron chi connectivity index (χ4n) is 2.79. The molecule has 0 fully saturated rings. The second-order valence-electron chi connectivity index (χ2n) is 6.32. The molecule has 0 saturated carbocycles. The van der Waals surface area contributed by atoms with E-state index in [1.54, 1.807) is 36.3 Å². The van der Waals surface area contributed by atoms with Gasteiger partial charge in [0, 0.05) is 32.0 Å². The van der Waals surface area contributed by atoms with E-state index in [2.05, 4.69) is 4.98 Å². The van der Waals surface area contributed by atoms with Gasteiger partial charge in [-0.15, -0.1) is 0 Å². The largest absolute Gasteiger partial charge is 0.494 e. The van der Waals surface area contributed by atoms with Crippen LogP contribution in [-0.2, 0) is 17.8 Å². The first-order valence-electron chi connectivity index (χ1n) is 8.74. The molecule has 3 rings (SSSR count). The van der Waals surface area contributed by atoms with E-state index in [0.717, 1.165) is 5.56 Å². The van der Waals surface area contributed by atoms with Crippen molar-refractivity contribution in [1.29, 1.82) is 0 Å². The summed E-state index contributed by atoms with van der Waals surface area (Å²) < 4.78 is 24.4. The summed E-state index contributed by atoms with van der Waals surface area (Å²) in [7, 11) is 3.09. The van der Waals surface area contributed by atoms with Crippen LogP contribution in [-0.4, -0.2) is 29.9 Å². The zero-order chi connectivity index (χ0) is 20.1. The average Bonchev–Trinajstić information content (AvgIpc) is 3.15. The number of aromatic nitrogens is 1. The normalized spacial score (nSPS) is 10.7. The molecule has 0 saturated heterocycles. The summed E-state index contributed by atoms with van der Waals surface area (Å²) in [6.07, 6.45) is 2.20. The van der Waals surface area contributed by atoms with Gasteiger partial charge >= 0.3 is 0 Å². The lowest BCUT2D eigenvalue weighted by Crippen LogP contribution is -2.26. The van der Waals surface area contributed by atoms with Crippen molar-refractivity contribution >= 4 is 17.5 Å². The summed E-state index contributed by atoms with van der Waals surface area (Å²) in [4.78, 5) is 18.1. The van der Waals surface area contributed by atoms with Crippen molar-refractivity contribution in [3.63, 3.8) is 0 Å². The van der Waals surface area contributed by atoms with Crippen molar-refractivity contribution in [2.75, 3.05) is 14.2 Å². The fourth-order valence-corrected chi connectivity index (χ4v) is 3.02. The molecule has 7 heteroatoms. The number of benzene rings is 2. The number of carbonyl (C=O) groups excluding carboxylic acids is 1. The first-order chi connectivity index (χ1) is 13.5. The molecule has 3 aromatic rings. The molecule has 0 radical (unpaired) electrons. The molecule has 0 bridgehead atoms. The lowest BCUT2D eigenvalue weighted by molar-refractivity contribution is -0.130. The third-order valence-electron chi connectivity index (χ3n) is 4.31. The number of hydrogen-bond acceptors (Lipinski definition) is 4. The van der Waals surface area contributed by atoms with Crippen LogP contribution in [0, 0.1) is 5.82 Å². The minimum Gasteiger partial charge on any atom is -0.494 e. The standard InChI is InChI=1S/C21H20ClFN2O3/c1-25(13-14-7-8-18(27-2)17(23)11-14)21(26)10-9-20-24-12-19(28-20)15-5-3-4-6-16(15)22/h3-8,11-12H,9-10,13H2,1-2H3. The van der Waals surface area contributed by atoms with Crippen LogP contribution in [0.1, 0.15) is 17.9 Å². The predicted octanol–water partition coefficient (Wildman–Crippen LogP) is 4.73. The van der Waals surface area contributed by atoms with Gasteiger partial charge in [-0.1, -0.05) is 29.8 Å². The van der Waals surface area contributed by atoms with E-state index in [-0.39, 0.29) is 18.1 Å². The Kier molecular flexibility index (Phi) is 6.31. The van der Waals surface area contributed by atoms with Crippen molar-refractivity contribution in [3.8, 4) is 17.1 Å². The Morgan fingerprint density at radius 3 is 2.79 bits per heavy atom. The number of oxazole rings is 1. The Morgan fingerprint density at radius 2 is 2.07 bits per heavy atom. The molecule has 1 heterocycles. The third-order valence-corrected chi connectivity index (χ3v) is 4.64. The van der Waals surface area contributed by atoms with Crippen molar-refractivity contribution in [2.24, 2.45) is 0 Å². The number of ether oxygens (including phenoxy) is 1. The minimum atomic E-state index is -0.451. The number of methoxy groups -OCH3 is 1. The molecule has 0 N–H and O–H groups in total. The minimum absolute atomic E-state index is 0.0891. The number of hydrogen-bond donors (Lipinski definition) is 0. The fraction of sp³-hybridized carbons (Fsp3) is 0.238. The van der Waals surface area contributed by atoms with E-state index < -0.39 is 5.82 Å². The summed E-state index contributed by atoms with van der Waals surface area (Å²) >= 11 is 6.16. The Hall–Kier alpha value is -2.86. The van der Waals surface area contributed by atoms with Gasteiger partial charge in [0.1, 0.15) is 0 Å². The summed E-state index contributed by atoms with van der Waals surface area (Å²) in [5.41, 5.74) is 1.44. The number of nitrogens with zero attached hydrogens (tertiary/aromatic N) is 2. The maximum Gasteiger partial charge on any atom is 0.223 e. The highest BCUT2D eigenvalue weighted by Gasteiger charge is 2.14. The van der Waals surface area contributed by atoms with E-state index in [1.807, 2.05) is 18.2 Å². The summed E-state index contributed by atoms with van der Waals surface area (Å²) in [5.74, 6) is 0.666. The van der Waals surface area contributed by atoms with Gasteiger partial charge in [0.05, 0.1) is 18.3 Å². The van der Waals surface area contributed by atoms with E-state index in [0.29, 0.717) is 35.2 Å². The van der Waals surface area contributed by atoms with Crippen molar-refractivity contribution in [2.45, 2.75) is 19.4 Å². The van der Waals surface area contributed by atoms with Gasteiger partial charge in [-0.3, -0.25) is 4.79 Å². The van der Waals surface area contributed by atoms with Gasteiger partial charge in [0.2, 0.25) is 5.91 Å². The zero-order valence-electron chi connectivity index (χ0n) is 15.6. The maximum absolute atomic E-state index is 13.8. The van der Waals surface area contributed by atoms with Gasteiger partial charge in [-0.2, -0.15) is 0 Å². The van der Waals surface area contributed by atoms with Crippen molar-refractivity contribution in [1.82, 2.24) is 9.88 Å². The van der Waals surface area contributed by atoms with E-state index in [4.69, 9.17) is 20.8 Å². The second kappa shape index (κ2) is 8.89. The number of halogens is 2. The van der Waals surface area contributed by atoms with Crippen LogP contribution < -0.4 is 4.74 Å². The van der Waals surface area contributed by atoms with Crippen molar-refractivity contribution < 1.29 is 18.3 Å². The van der Waals surface area contributed by atoms with E-state index in [9.17, 15) is 9.18 Å². The van der Waals surface area contributed by atoms with Gasteiger partial charge < -0.3 is 14.1 Å². The van der Waals surface area contributed by atoms with Gasteiger partial charge in [0.25, 0.3) is 0 Å². The molecule has 0 aliphatic rings. The first-order valence-corrected chi connectivity index (χ1v) is 9.11. The molecular weight excluding hydrogens is 383 g/mol. The quantitative estimate of drug-likeness (QED) is 0.573. The summed E-state index contributed by atoms with van der Waals surface area (Å²) in [5, 5.41) is 0.577. The van der Waals surface area contributed by atoms with E-state index >= 15 is 0 Å². The predicted molar refractivity (Wildman–Crippen MR) is 105 cm³/mol. The van der Waals surface area contributed by atoms with E-state index in [1.165, 1.54) is 13.2 Å². The van der Waals surface area contributed by atoms with Crippen LogP contribution in [0.5, 0.6) is 5.75 Å². The molecule has 1 amide bonds. The zero-order valence-corrected chi connectivity index (χ0v) is 16.4. The highest BCUT2D eigenvalue weighted by Crippen LogP contribution is 2.28. The summed E-state index contributed by atoms with van der Waals surface area (Å²) in [6, 6.07) is 12.0. The second-order valence-corrected chi connectivity index (χ2v) is 6.72. The number of amides is 1. The molecule has 0 aliphatic carbocycles. The average molecular weight is 403 g/mol. The van der Waals surface area contributed by atoms with Crippen molar-refractivity contribution in [3.05, 3.63) is 71.0 Å². The summed E-state index contributed by atoms with van der Waals surface area (Å²) in [6.45, 7) is 0.302. The molecule has 0 atom stereocenters. The topological polar surface area (TPSA) is 55.6 Å². The highest BCUT2D eigenvalue weighted by molar-refractivity contribution is 6.33. The smallest absolute Gasteiger partial charge is 0.223 e. The van der Waals surface area contributed by atoms with Crippen LogP contribution in [0.15, 0.2) is 53.1 Å². The molecule has 146 valence electrons. The molecule has 28 heavy (non-hydrogen) atoms. The Balaban J connectivity index is 1.57. The van der Waals surface area contributed by atoms with Crippen LogP contribution in [0.2, 0.25) is 5.02 Å². The molecule has 5 nitrogen and oxygen atoms in total. The van der Waals surface area contributed by atoms with Crippen LogP contribution in [0.25, 0.3) is 11.3 Å². The lowest BCUT2D eigenvalue weighted by Gasteiger charge is -2.17. The molecule has 0 unspecified atom stereocenters. The molecule has 2 aromatic carbocycles. The van der Waals surface area contributed by atoms with Crippen LogP contribution in [0.3, 0.4) is 0 Å². The molecule has 0 aliphatic heterocycles. The van der Waals surface area contributed by atoms with Crippen LogP contribution >= 0.6 is 11.6 Å². The Labute approximate surface area is 167 Å².